The average Bonchev–Trinajstić information content (AvgIpc) is 2.94. The lowest BCUT2D eigenvalue weighted by Crippen LogP contribution is -2.38. The third kappa shape index (κ3) is 3.01. The minimum Gasteiger partial charge on any atom is -0.312 e. The first-order valence-electron chi connectivity index (χ1n) is 7.70. The van der Waals surface area contributed by atoms with Crippen LogP contribution in [0.2, 0.25) is 0 Å². The van der Waals surface area contributed by atoms with Gasteiger partial charge in [0, 0.05) is 19.1 Å². The average molecular weight is 258 g/mol. The largest absolute Gasteiger partial charge is 0.312 e. The molecule has 1 saturated carbocycles. The number of likely N-dealkylation sites (N-methyl/N-ethyl adjacent to an activating group) is 1. The maximum Gasteiger partial charge on any atom is 0.0231 e. The van der Waals surface area contributed by atoms with Gasteiger partial charge < -0.3 is 10.2 Å². The molecule has 104 valence electrons. The minimum absolute atomic E-state index is 0.724. The van der Waals surface area contributed by atoms with E-state index in [2.05, 4.69) is 48.5 Å². The van der Waals surface area contributed by atoms with E-state index >= 15 is 0 Å². The maximum atomic E-state index is 3.75. The molecule has 0 radical (unpaired) electrons. The van der Waals surface area contributed by atoms with E-state index < -0.39 is 0 Å². The number of fused-ring (bicyclic) bond motifs is 1. The SMILES string of the molecule is Cc1cccc(CN(C)CC2NCC3CCCC32)c1. The Labute approximate surface area is 117 Å². The molecule has 3 atom stereocenters. The van der Waals surface area contributed by atoms with Gasteiger partial charge in [-0.1, -0.05) is 36.2 Å². The molecule has 2 nitrogen and oxygen atoms in total. The Bertz CT molecular complexity index is 429. The van der Waals surface area contributed by atoms with Gasteiger partial charge in [0.2, 0.25) is 0 Å². The Morgan fingerprint density at radius 1 is 1.32 bits per heavy atom. The lowest BCUT2D eigenvalue weighted by molar-refractivity contribution is 0.259. The molecule has 0 spiro atoms. The molecule has 1 saturated heterocycles. The lowest BCUT2D eigenvalue weighted by atomic mass is 9.94. The van der Waals surface area contributed by atoms with Gasteiger partial charge in [-0.3, -0.25) is 0 Å². The number of hydrogen-bond acceptors (Lipinski definition) is 2. The lowest BCUT2D eigenvalue weighted by Gasteiger charge is -2.25. The Morgan fingerprint density at radius 3 is 3.05 bits per heavy atom. The van der Waals surface area contributed by atoms with Crippen LogP contribution in [-0.2, 0) is 6.54 Å². The van der Waals surface area contributed by atoms with Gasteiger partial charge in [-0.2, -0.15) is 0 Å². The number of benzene rings is 1. The molecule has 0 amide bonds. The van der Waals surface area contributed by atoms with Gasteiger partial charge in [-0.15, -0.1) is 0 Å². The normalized spacial score (nSPS) is 29.9. The zero-order valence-electron chi connectivity index (χ0n) is 12.2. The van der Waals surface area contributed by atoms with Crippen LogP contribution in [0, 0.1) is 18.8 Å². The summed E-state index contributed by atoms with van der Waals surface area (Å²) in [5.74, 6) is 1.91. The summed E-state index contributed by atoms with van der Waals surface area (Å²) in [4.78, 5) is 2.48. The van der Waals surface area contributed by atoms with E-state index in [4.69, 9.17) is 0 Å². The zero-order chi connectivity index (χ0) is 13.2. The van der Waals surface area contributed by atoms with Gasteiger partial charge in [0.05, 0.1) is 0 Å². The van der Waals surface area contributed by atoms with Crippen LogP contribution in [0.15, 0.2) is 24.3 Å². The van der Waals surface area contributed by atoms with Crippen LogP contribution < -0.4 is 5.32 Å². The smallest absolute Gasteiger partial charge is 0.0231 e. The van der Waals surface area contributed by atoms with Gasteiger partial charge in [-0.25, -0.2) is 0 Å². The summed E-state index contributed by atoms with van der Waals surface area (Å²) in [6.07, 6.45) is 4.35. The van der Waals surface area contributed by atoms with Crippen LogP contribution in [0.4, 0.5) is 0 Å². The van der Waals surface area contributed by atoms with Crippen LogP contribution in [-0.4, -0.2) is 31.1 Å². The molecule has 2 aliphatic rings. The van der Waals surface area contributed by atoms with E-state index in [0.29, 0.717) is 0 Å². The number of nitrogens with one attached hydrogen (secondary N) is 1. The van der Waals surface area contributed by atoms with Gasteiger partial charge in [0.1, 0.15) is 0 Å². The molecular formula is C17H26N2. The van der Waals surface area contributed by atoms with Crippen molar-refractivity contribution >= 4 is 0 Å². The van der Waals surface area contributed by atoms with Crippen LogP contribution in [0.25, 0.3) is 0 Å². The summed E-state index contributed by atoms with van der Waals surface area (Å²) in [5, 5.41) is 3.75. The van der Waals surface area contributed by atoms with Gasteiger partial charge >= 0.3 is 0 Å². The van der Waals surface area contributed by atoms with Gasteiger partial charge in [0.25, 0.3) is 0 Å². The highest BCUT2D eigenvalue weighted by atomic mass is 15.1. The third-order valence-corrected chi connectivity index (χ3v) is 4.92. The fraction of sp³-hybridized carbons (Fsp3) is 0.647. The zero-order valence-corrected chi connectivity index (χ0v) is 12.2. The van der Waals surface area contributed by atoms with Crippen molar-refractivity contribution in [1.29, 1.82) is 0 Å². The highest BCUT2D eigenvalue weighted by molar-refractivity contribution is 5.22. The quantitative estimate of drug-likeness (QED) is 0.893. The molecule has 3 unspecified atom stereocenters. The van der Waals surface area contributed by atoms with Crippen molar-refractivity contribution in [2.24, 2.45) is 11.8 Å². The van der Waals surface area contributed by atoms with E-state index in [9.17, 15) is 0 Å². The molecule has 1 N–H and O–H groups in total. The minimum atomic E-state index is 0.724. The van der Waals surface area contributed by atoms with Crippen molar-refractivity contribution in [1.82, 2.24) is 10.2 Å². The number of aryl methyl sites for hydroxylation is 1. The number of hydrogen-bond donors (Lipinski definition) is 1. The van der Waals surface area contributed by atoms with Gasteiger partial charge in [-0.05, 0) is 50.8 Å². The fourth-order valence-corrected chi connectivity index (χ4v) is 4.03. The van der Waals surface area contributed by atoms with E-state index in [1.807, 2.05) is 0 Å². The molecule has 19 heavy (non-hydrogen) atoms. The summed E-state index contributed by atoms with van der Waals surface area (Å²) in [5.41, 5.74) is 2.80. The number of rotatable bonds is 4. The molecule has 1 heterocycles. The van der Waals surface area contributed by atoms with Crippen LogP contribution in [0.5, 0.6) is 0 Å². The third-order valence-electron chi connectivity index (χ3n) is 4.92. The van der Waals surface area contributed by atoms with Crippen molar-refractivity contribution in [3.63, 3.8) is 0 Å². The van der Waals surface area contributed by atoms with Crippen molar-refractivity contribution in [3.8, 4) is 0 Å². The van der Waals surface area contributed by atoms with Crippen LogP contribution >= 0.6 is 0 Å². The van der Waals surface area contributed by atoms with Crippen LogP contribution in [0.3, 0.4) is 0 Å². The Morgan fingerprint density at radius 2 is 2.21 bits per heavy atom. The van der Waals surface area contributed by atoms with Crippen molar-refractivity contribution in [2.75, 3.05) is 20.1 Å². The fourth-order valence-electron chi connectivity index (χ4n) is 4.03. The Hall–Kier alpha value is -0.860. The van der Waals surface area contributed by atoms with Crippen molar-refractivity contribution < 1.29 is 0 Å². The Balaban J connectivity index is 1.55. The summed E-state index contributed by atoms with van der Waals surface area (Å²) in [6.45, 7) is 5.69. The molecular weight excluding hydrogens is 232 g/mol. The van der Waals surface area contributed by atoms with Crippen molar-refractivity contribution in [3.05, 3.63) is 35.4 Å². The highest BCUT2D eigenvalue weighted by Crippen LogP contribution is 2.37. The topological polar surface area (TPSA) is 15.3 Å². The second-order valence-electron chi connectivity index (χ2n) is 6.56. The summed E-state index contributed by atoms with van der Waals surface area (Å²) >= 11 is 0. The molecule has 1 aromatic rings. The Kier molecular flexibility index (Phi) is 3.90. The first-order valence-corrected chi connectivity index (χ1v) is 7.70. The van der Waals surface area contributed by atoms with E-state index in [1.165, 1.54) is 43.5 Å². The predicted octanol–water partition coefficient (Wildman–Crippen LogP) is 2.81. The monoisotopic (exact) mass is 258 g/mol. The van der Waals surface area contributed by atoms with E-state index in [1.54, 1.807) is 0 Å². The van der Waals surface area contributed by atoms with E-state index in [-0.39, 0.29) is 0 Å². The summed E-state index contributed by atoms with van der Waals surface area (Å²) in [6, 6.07) is 9.60. The molecule has 2 fully saturated rings. The molecule has 1 aliphatic carbocycles. The molecule has 0 bridgehead atoms. The van der Waals surface area contributed by atoms with E-state index in [0.717, 1.165) is 24.4 Å². The maximum absolute atomic E-state index is 3.75. The highest BCUT2D eigenvalue weighted by Gasteiger charge is 2.38. The predicted molar refractivity (Wildman–Crippen MR) is 80.1 cm³/mol. The van der Waals surface area contributed by atoms with Crippen molar-refractivity contribution in [2.45, 2.75) is 38.8 Å². The number of nitrogens with zero attached hydrogens (tertiary/aromatic N) is 1. The first-order chi connectivity index (χ1) is 9.22. The summed E-state index contributed by atoms with van der Waals surface area (Å²) < 4.78 is 0. The van der Waals surface area contributed by atoms with Gasteiger partial charge in [0.15, 0.2) is 0 Å². The molecule has 1 aliphatic heterocycles. The first kappa shape index (κ1) is 13.1. The molecule has 1 aromatic carbocycles. The molecule has 0 aromatic heterocycles. The summed E-state index contributed by atoms with van der Waals surface area (Å²) in [7, 11) is 2.26. The molecule has 3 rings (SSSR count). The second kappa shape index (κ2) is 5.64. The standard InChI is InChI=1S/C17H26N2/c1-13-5-3-6-14(9-13)11-19(2)12-17-16-8-4-7-15(16)10-18-17/h3,5-6,9,15-18H,4,7-8,10-12H2,1-2H3. The molecule has 2 heteroatoms. The second-order valence-corrected chi connectivity index (χ2v) is 6.56. The van der Waals surface area contributed by atoms with Crippen LogP contribution in [0.1, 0.15) is 30.4 Å².